The quantitative estimate of drug-likeness (QED) is 0.730. The molecule has 1 fully saturated rings. The number of pyridine rings is 1. The molecule has 1 N–H and O–H groups in total. The first-order valence-electron chi connectivity index (χ1n) is 5.64. The molecule has 1 aromatic rings. The van der Waals surface area contributed by atoms with Crippen molar-refractivity contribution >= 4 is 17.7 Å². The highest BCUT2D eigenvalue weighted by atomic mass is 16.2. The molecular weight excluding hydrogens is 234 g/mol. The second-order valence-electron chi connectivity index (χ2n) is 4.08. The number of nitrogens with zero attached hydrogens (tertiary/aromatic N) is 2. The molecule has 0 atom stereocenters. The van der Waals surface area contributed by atoms with Crippen molar-refractivity contribution < 1.29 is 14.4 Å². The molecule has 2 heterocycles. The number of nitrogens with one attached hydrogen (secondary N) is 1. The summed E-state index contributed by atoms with van der Waals surface area (Å²) in [4.78, 5) is 39.3. The molecule has 0 saturated carbocycles. The van der Waals surface area contributed by atoms with Crippen LogP contribution in [0.25, 0.3) is 0 Å². The van der Waals surface area contributed by atoms with Gasteiger partial charge in [-0.2, -0.15) is 0 Å². The van der Waals surface area contributed by atoms with Gasteiger partial charge in [0.1, 0.15) is 13.1 Å². The fraction of sp³-hybridized carbons (Fsp3) is 0.333. The van der Waals surface area contributed by atoms with Gasteiger partial charge in [-0.25, -0.2) is 0 Å². The van der Waals surface area contributed by atoms with Gasteiger partial charge in [-0.1, -0.05) is 6.07 Å². The van der Waals surface area contributed by atoms with Gasteiger partial charge in [-0.15, -0.1) is 0 Å². The van der Waals surface area contributed by atoms with Crippen molar-refractivity contribution in [3.05, 3.63) is 30.1 Å². The Morgan fingerprint density at radius 1 is 1.33 bits per heavy atom. The lowest BCUT2D eigenvalue weighted by atomic mass is 10.1. The van der Waals surface area contributed by atoms with E-state index in [0.717, 1.165) is 5.56 Å². The van der Waals surface area contributed by atoms with Gasteiger partial charge in [0.2, 0.25) is 17.7 Å². The van der Waals surface area contributed by atoms with Crippen LogP contribution in [-0.4, -0.2) is 40.7 Å². The number of hydrogen-bond acceptors (Lipinski definition) is 4. The molecule has 0 unspecified atom stereocenters. The van der Waals surface area contributed by atoms with Crippen LogP contribution in [0.2, 0.25) is 0 Å². The highest BCUT2D eigenvalue weighted by Crippen LogP contribution is 2.04. The molecule has 0 bridgehead atoms. The van der Waals surface area contributed by atoms with Crippen molar-refractivity contribution in [2.45, 2.75) is 12.8 Å². The summed E-state index contributed by atoms with van der Waals surface area (Å²) in [6.45, 7) is -0.0881. The molecule has 2 rings (SSSR count). The summed E-state index contributed by atoms with van der Waals surface area (Å²) in [7, 11) is 0. The molecule has 1 aromatic heterocycles. The number of aromatic nitrogens is 1. The van der Waals surface area contributed by atoms with Gasteiger partial charge < -0.3 is 4.90 Å². The summed E-state index contributed by atoms with van der Waals surface area (Å²) < 4.78 is 0. The van der Waals surface area contributed by atoms with Crippen LogP contribution in [-0.2, 0) is 20.8 Å². The second-order valence-corrected chi connectivity index (χ2v) is 4.08. The first kappa shape index (κ1) is 12.2. The van der Waals surface area contributed by atoms with E-state index in [1.54, 1.807) is 18.5 Å². The molecular formula is C12H13N3O3. The minimum atomic E-state index is -0.430. The third-order valence-corrected chi connectivity index (χ3v) is 2.65. The topological polar surface area (TPSA) is 79.4 Å². The van der Waals surface area contributed by atoms with Crippen molar-refractivity contribution in [1.29, 1.82) is 0 Å². The standard InChI is InChI=1S/C12H13N3O3/c16-10-7-15(8-11(17)14-10)12(18)4-3-9-2-1-5-13-6-9/h1-2,5-6H,3-4,7-8H2,(H,14,16,17). The molecule has 1 aliphatic heterocycles. The number of piperazine rings is 1. The van der Waals surface area contributed by atoms with E-state index >= 15 is 0 Å². The minimum Gasteiger partial charge on any atom is -0.324 e. The maximum absolute atomic E-state index is 11.8. The molecule has 1 aliphatic rings. The molecule has 3 amide bonds. The molecule has 94 valence electrons. The monoisotopic (exact) mass is 247 g/mol. The first-order chi connectivity index (χ1) is 8.65. The molecule has 6 nitrogen and oxygen atoms in total. The van der Waals surface area contributed by atoms with Gasteiger partial charge in [-0.05, 0) is 18.1 Å². The van der Waals surface area contributed by atoms with Crippen molar-refractivity contribution in [2.24, 2.45) is 0 Å². The van der Waals surface area contributed by atoms with Gasteiger partial charge in [-0.3, -0.25) is 24.7 Å². The van der Waals surface area contributed by atoms with E-state index in [1.165, 1.54) is 4.90 Å². The van der Waals surface area contributed by atoms with E-state index in [0.29, 0.717) is 6.42 Å². The Balaban J connectivity index is 1.88. The highest BCUT2D eigenvalue weighted by Gasteiger charge is 2.25. The molecule has 0 aromatic carbocycles. The fourth-order valence-corrected chi connectivity index (χ4v) is 1.77. The summed E-state index contributed by atoms with van der Waals surface area (Å²) in [6.07, 6.45) is 4.19. The van der Waals surface area contributed by atoms with E-state index in [2.05, 4.69) is 10.3 Å². The lowest BCUT2D eigenvalue weighted by molar-refractivity contribution is -0.145. The average Bonchev–Trinajstić information content (AvgIpc) is 2.36. The Morgan fingerprint density at radius 2 is 2.06 bits per heavy atom. The maximum Gasteiger partial charge on any atom is 0.246 e. The zero-order chi connectivity index (χ0) is 13.0. The zero-order valence-corrected chi connectivity index (χ0v) is 9.76. The van der Waals surface area contributed by atoms with Gasteiger partial charge in [0.15, 0.2) is 0 Å². The highest BCUT2D eigenvalue weighted by molar-refractivity contribution is 6.02. The number of hydrogen-bond donors (Lipinski definition) is 1. The minimum absolute atomic E-state index is 0.0440. The maximum atomic E-state index is 11.8. The van der Waals surface area contributed by atoms with Gasteiger partial charge in [0.25, 0.3) is 0 Å². The lowest BCUT2D eigenvalue weighted by Crippen LogP contribution is -2.53. The van der Waals surface area contributed by atoms with Gasteiger partial charge in [0.05, 0.1) is 0 Å². The number of imide groups is 1. The van der Waals surface area contributed by atoms with Gasteiger partial charge >= 0.3 is 0 Å². The average molecular weight is 247 g/mol. The predicted molar refractivity (Wildman–Crippen MR) is 62.3 cm³/mol. The van der Waals surface area contributed by atoms with Crippen LogP contribution >= 0.6 is 0 Å². The van der Waals surface area contributed by atoms with Gasteiger partial charge in [0, 0.05) is 18.8 Å². The molecule has 0 aliphatic carbocycles. The van der Waals surface area contributed by atoms with Crippen LogP contribution in [0, 0.1) is 0 Å². The Hall–Kier alpha value is -2.24. The van der Waals surface area contributed by atoms with Crippen molar-refractivity contribution in [1.82, 2.24) is 15.2 Å². The number of carbonyl (C=O) groups is 3. The summed E-state index contributed by atoms with van der Waals surface area (Å²) in [5.74, 6) is -1.05. The normalized spacial score (nSPS) is 15.4. The number of rotatable bonds is 3. The molecule has 6 heteroatoms. The fourth-order valence-electron chi connectivity index (χ4n) is 1.77. The van der Waals surface area contributed by atoms with Crippen LogP contribution in [0.3, 0.4) is 0 Å². The molecule has 0 radical (unpaired) electrons. The zero-order valence-electron chi connectivity index (χ0n) is 9.76. The smallest absolute Gasteiger partial charge is 0.246 e. The van der Waals surface area contributed by atoms with Crippen LogP contribution < -0.4 is 5.32 Å². The summed E-state index contributed by atoms with van der Waals surface area (Å²) >= 11 is 0. The third kappa shape index (κ3) is 3.13. The van der Waals surface area contributed by atoms with E-state index < -0.39 is 11.8 Å². The van der Waals surface area contributed by atoms with Crippen molar-refractivity contribution in [3.63, 3.8) is 0 Å². The largest absolute Gasteiger partial charge is 0.324 e. The molecule has 18 heavy (non-hydrogen) atoms. The molecule has 0 spiro atoms. The Kier molecular flexibility index (Phi) is 3.66. The van der Waals surface area contributed by atoms with E-state index in [4.69, 9.17) is 0 Å². The first-order valence-corrected chi connectivity index (χ1v) is 5.64. The van der Waals surface area contributed by atoms with E-state index in [1.807, 2.05) is 6.07 Å². The Morgan fingerprint density at radius 3 is 2.67 bits per heavy atom. The van der Waals surface area contributed by atoms with E-state index in [9.17, 15) is 14.4 Å². The summed E-state index contributed by atoms with van der Waals surface area (Å²) in [5.41, 5.74) is 0.957. The molecule has 1 saturated heterocycles. The predicted octanol–water partition coefficient (Wildman–Crippen LogP) is -0.501. The van der Waals surface area contributed by atoms with Crippen LogP contribution in [0.4, 0.5) is 0 Å². The Labute approximate surface area is 104 Å². The SMILES string of the molecule is O=C1CN(C(=O)CCc2cccnc2)CC(=O)N1. The van der Waals surface area contributed by atoms with Crippen LogP contribution in [0.5, 0.6) is 0 Å². The lowest BCUT2D eigenvalue weighted by Gasteiger charge is -2.25. The van der Waals surface area contributed by atoms with Crippen LogP contribution in [0.15, 0.2) is 24.5 Å². The summed E-state index contributed by atoms with van der Waals surface area (Å²) in [6, 6.07) is 3.69. The third-order valence-electron chi connectivity index (χ3n) is 2.65. The number of aryl methyl sites for hydroxylation is 1. The van der Waals surface area contributed by atoms with E-state index in [-0.39, 0.29) is 25.4 Å². The van der Waals surface area contributed by atoms with Crippen LogP contribution in [0.1, 0.15) is 12.0 Å². The second kappa shape index (κ2) is 5.39. The summed E-state index contributed by atoms with van der Waals surface area (Å²) in [5, 5.41) is 2.16. The number of carbonyl (C=O) groups excluding carboxylic acids is 3. The number of amides is 3. The van der Waals surface area contributed by atoms with Crippen molar-refractivity contribution in [2.75, 3.05) is 13.1 Å². The van der Waals surface area contributed by atoms with Crippen molar-refractivity contribution in [3.8, 4) is 0 Å². The Bertz CT molecular complexity index is 457.